The highest BCUT2D eigenvalue weighted by Gasteiger charge is 2.16. The van der Waals surface area contributed by atoms with Gasteiger partial charge in [0.2, 0.25) is 0 Å². The van der Waals surface area contributed by atoms with Crippen molar-refractivity contribution in [1.82, 2.24) is 19.3 Å². The van der Waals surface area contributed by atoms with Crippen molar-refractivity contribution < 1.29 is 0 Å². The van der Waals surface area contributed by atoms with Gasteiger partial charge in [-0.1, -0.05) is 28.1 Å². The number of hydrogen-bond acceptors (Lipinski definition) is 4. The van der Waals surface area contributed by atoms with E-state index in [0.717, 1.165) is 32.0 Å². The Balaban J connectivity index is 1.89. The lowest BCUT2D eigenvalue weighted by molar-refractivity contribution is 0.795. The Morgan fingerprint density at radius 3 is 2.36 bits per heavy atom. The van der Waals surface area contributed by atoms with E-state index in [1.807, 2.05) is 31.2 Å². The van der Waals surface area contributed by atoms with Crippen LogP contribution in [0.3, 0.4) is 0 Å². The van der Waals surface area contributed by atoms with Gasteiger partial charge in [0, 0.05) is 29.3 Å². The zero-order valence-electron chi connectivity index (χ0n) is 16.5. The van der Waals surface area contributed by atoms with E-state index in [4.69, 9.17) is 0 Å². The number of nitrogens with one attached hydrogen (secondary N) is 1. The molecule has 2 aromatic carbocycles. The number of hydrogen-bond donors (Lipinski definition) is 1. The van der Waals surface area contributed by atoms with Crippen LogP contribution >= 0.6 is 15.9 Å². The fourth-order valence-electron chi connectivity index (χ4n) is 3.76. The van der Waals surface area contributed by atoms with Crippen LogP contribution in [-0.2, 0) is 14.1 Å². The monoisotopic (exact) mass is 439 g/mol. The quantitative estimate of drug-likeness (QED) is 0.514. The molecule has 4 rings (SSSR count). The van der Waals surface area contributed by atoms with Crippen molar-refractivity contribution in [2.75, 3.05) is 5.32 Å². The van der Waals surface area contributed by atoms with E-state index in [1.54, 1.807) is 23.2 Å². The number of anilines is 1. The molecule has 0 aliphatic carbocycles. The maximum atomic E-state index is 12.3. The van der Waals surface area contributed by atoms with Gasteiger partial charge in [-0.2, -0.15) is 5.10 Å². The molecule has 0 bridgehead atoms. The number of aryl methyl sites for hydroxylation is 3. The van der Waals surface area contributed by atoms with Gasteiger partial charge in [-0.25, -0.2) is 4.79 Å². The summed E-state index contributed by atoms with van der Waals surface area (Å²) in [6.45, 7) is 6.15. The predicted molar refractivity (Wildman–Crippen MR) is 117 cm³/mol. The summed E-state index contributed by atoms with van der Waals surface area (Å²) in [7, 11) is 3.58. The topological polar surface area (TPSA) is 64.7 Å². The first kappa shape index (κ1) is 18.7. The normalized spacial score (nSPS) is 12.6. The predicted octanol–water partition coefficient (Wildman–Crippen LogP) is 4.37. The van der Waals surface area contributed by atoms with Crippen molar-refractivity contribution in [2.24, 2.45) is 14.1 Å². The maximum Gasteiger partial charge on any atom is 0.328 e. The van der Waals surface area contributed by atoms with Crippen LogP contribution in [0.1, 0.15) is 29.8 Å². The first-order valence-electron chi connectivity index (χ1n) is 9.13. The number of halogens is 1. The lowest BCUT2D eigenvalue weighted by Gasteiger charge is -2.19. The summed E-state index contributed by atoms with van der Waals surface area (Å²) in [5, 5.41) is 14.2. The SMILES string of the molecule is Cc1c(Br)cccc1[C@@H](C)Nc1nnc(C)c2cc3c(cc12)n(C)c(=O)n3C. The van der Waals surface area contributed by atoms with Crippen molar-refractivity contribution in [3.8, 4) is 0 Å². The van der Waals surface area contributed by atoms with Crippen LogP contribution in [-0.4, -0.2) is 19.3 Å². The molecule has 0 saturated carbocycles. The minimum absolute atomic E-state index is 0.0449. The Bertz CT molecular complexity index is 1290. The molecule has 1 atom stereocenters. The number of nitrogens with zero attached hydrogens (tertiary/aromatic N) is 4. The summed E-state index contributed by atoms with van der Waals surface area (Å²) < 4.78 is 4.41. The van der Waals surface area contributed by atoms with Crippen molar-refractivity contribution in [2.45, 2.75) is 26.8 Å². The third-order valence-corrected chi connectivity index (χ3v) is 6.34. The first-order valence-corrected chi connectivity index (χ1v) is 9.93. The van der Waals surface area contributed by atoms with Gasteiger partial charge < -0.3 is 5.32 Å². The number of benzene rings is 2. The lowest BCUT2D eigenvalue weighted by atomic mass is 10.0. The molecule has 2 heterocycles. The molecule has 6 nitrogen and oxygen atoms in total. The Labute approximate surface area is 171 Å². The molecular formula is C21H22BrN5O. The van der Waals surface area contributed by atoms with Crippen LogP contribution < -0.4 is 11.0 Å². The highest BCUT2D eigenvalue weighted by molar-refractivity contribution is 9.10. The zero-order valence-corrected chi connectivity index (χ0v) is 18.1. The lowest BCUT2D eigenvalue weighted by Crippen LogP contribution is -2.19. The van der Waals surface area contributed by atoms with Crippen LogP contribution in [0.5, 0.6) is 0 Å². The number of rotatable bonds is 3. The minimum atomic E-state index is -0.0449. The minimum Gasteiger partial charge on any atom is -0.362 e. The Morgan fingerprint density at radius 2 is 1.68 bits per heavy atom. The molecule has 0 aliphatic heterocycles. The molecule has 0 fully saturated rings. The van der Waals surface area contributed by atoms with Crippen LogP contribution in [0.15, 0.2) is 39.6 Å². The molecule has 0 saturated heterocycles. The Kier molecular flexibility index (Phi) is 4.50. The molecule has 0 aliphatic rings. The highest BCUT2D eigenvalue weighted by Crippen LogP contribution is 2.31. The summed E-state index contributed by atoms with van der Waals surface area (Å²) in [6.07, 6.45) is 0. The van der Waals surface area contributed by atoms with Gasteiger partial charge in [-0.15, -0.1) is 5.10 Å². The average molecular weight is 440 g/mol. The van der Waals surface area contributed by atoms with Gasteiger partial charge in [0.25, 0.3) is 0 Å². The summed E-state index contributed by atoms with van der Waals surface area (Å²) in [4.78, 5) is 12.3. The molecule has 2 aromatic heterocycles. The third kappa shape index (κ3) is 2.81. The van der Waals surface area contributed by atoms with E-state index >= 15 is 0 Å². The van der Waals surface area contributed by atoms with Crippen molar-refractivity contribution in [3.05, 3.63) is 62.1 Å². The van der Waals surface area contributed by atoms with Crippen molar-refractivity contribution in [1.29, 1.82) is 0 Å². The molecule has 0 unspecified atom stereocenters. The summed E-state index contributed by atoms with van der Waals surface area (Å²) in [6, 6.07) is 10.3. The van der Waals surface area contributed by atoms with E-state index in [9.17, 15) is 4.79 Å². The second kappa shape index (κ2) is 6.74. The highest BCUT2D eigenvalue weighted by atomic mass is 79.9. The standard InChI is InChI=1S/C21H22BrN5O/c1-11-14(7-6-8-17(11)22)12(2)23-20-16-10-19-18(26(4)21(28)27(19)5)9-15(16)13(3)24-25-20/h6-10,12H,1-5H3,(H,23,25)/t12-/m1/s1. The summed E-state index contributed by atoms with van der Waals surface area (Å²) in [5.74, 6) is 0.714. The molecule has 4 aromatic rings. The van der Waals surface area contributed by atoms with Crippen LogP contribution in [0.2, 0.25) is 0 Å². The molecule has 7 heteroatoms. The Morgan fingerprint density at radius 1 is 1.04 bits per heavy atom. The molecule has 0 spiro atoms. The fraction of sp³-hybridized carbons (Fsp3) is 0.286. The average Bonchev–Trinajstić information content (AvgIpc) is 2.89. The van der Waals surface area contributed by atoms with E-state index in [-0.39, 0.29) is 11.7 Å². The summed E-state index contributed by atoms with van der Waals surface area (Å²) >= 11 is 3.60. The van der Waals surface area contributed by atoms with Gasteiger partial charge in [0.05, 0.1) is 22.8 Å². The van der Waals surface area contributed by atoms with Crippen LogP contribution in [0.4, 0.5) is 5.82 Å². The van der Waals surface area contributed by atoms with Crippen LogP contribution in [0, 0.1) is 13.8 Å². The fourth-order valence-corrected chi connectivity index (χ4v) is 4.14. The first-order chi connectivity index (χ1) is 13.3. The molecule has 0 amide bonds. The smallest absolute Gasteiger partial charge is 0.328 e. The van der Waals surface area contributed by atoms with Gasteiger partial charge in [-0.3, -0.25) is 9.13 Å². The molecule has 144 valence electrons. The number of fused-ring (bicyclic) bond motifs is 2. The second-order valence-corrected chi connectivity index (χ2v) is 8.10. The van der Waals surface area contributed by atoms with Gasteiger partial charge in [0.1, 0.15) is 0 Å². The molecule has 1 N–H and O–H groups in total. The van der Waals surface area contributed by atoms with Gasteiger partial charge in [-0.05, 0) is 50.1 Å². The van der Waals surface area contributed by atoms with Crippen LogP contribution in [0.25, 0.3) is 21.8 Å². The number of aromatic nitrogens is 4. The largest absolute Gasteiger partial charge is 0.362 e. The maximum absolute atomic E-state index is 12.3. The molecule has 0 radical (unpaired) electrons. The third-order valence-electron chi connectivity index (χ3n) is 5.49. The van der Waals surface area contributed by atoms with Crippen molar-refractivity contribution >= 4 is 43.6 Å². The zero-order chi connectivity index (χ0) is 20.2. The van der Waals surface area contributed by atoms with Crippen molar-refractivity contribution in [3.63, 3.8) is 0 Å². The van der Waals surface area contributed by atoms with E-state index < -0.39 is 0 Å². The van der Waals surface area contributed by atoms with E-state index in [1.165, 1.54) is 11.1 Å². The van der Waals surface area contributed by atoms with Gasteiger partial charge in [0.15, 0.2) is 5.82 Å². The van der Waals surface area contributed by atoms with E-state index in [2.05, 4.69) is 51.4 Å². The van der Waals surface area contributed by atoms with E-state index in [0.29, 0.717) is 5.82 Å². The summed E-state index contributed by atoms with van der Waals surface area (Å²) in [5.41, 5.74) is 4.94. The molecular weight excluding hydrogens is 418 g/mol. The Hall–Kier alpha value is -2.67. The van der Waals surface area contributed by atoms with Gasteiger partial charge >= 0.3 is 5.69 Å². The second-order valence-electron chi connectivity index (χ2n) is 7.24. The molecule has 28 heavy (non-hydrogen) atoms. The number of imidazole rings is 1.